The largest absolute Gasteiger partial charge is 0.494 e. The molecule has 0 fully saturated rings. The average molecular weight is 655 g/mol. The second-order valence-corrected chi connectivity index (χ2v) is 12.0. The van der Waals surface area contributed by atoms with Gasteiger partial charge in [-0.1, -0.05) is 44.3 Å². The zero-order chi connectivity index (χ0) is 33.4. The minimum Gasteiger partial charge on any atom is -0.494 e. The molecule has 0 unspecified atom stereocenters. The number of benzene rings is 4. The lowest BCUT2D eigenvalue weighted by Gasteiger charge is -2.14. The van der Waals surface area contributed by atoms with Crippen LogP contribution in [0.15, 0.2) is 96.9 Å². The number of unbranched alkanes of at least 4 members (excludes halogenated alkanes) is 4. The highest BCUT2D eigenvalue weighted by Gasteiger charge is 2.16. The van der Waals surface area contributed by atoms with Gasteiger partial charge in [-0.2, -0.15) is 0 Å². The van der Waals surface area contributed by atoms with Gasteiger partial charge in [0.15, 0.2) is 0 Å². The molecule has 0 spiro atoms. The molecule has 0 aromatic heterocycles. The van der Waals surface area contributed by atoms with Crippen molar-refractivity contribution in [2.75, 3.05) is 26.4 Å². The number of hydrogen-bond donors (Lipinski definition) is 0. The number of aryl methyl sites for hydroxylation is 1. The van der Waals surface area contributed by atoms with E-state index in [0.29, 0.717) is 32.8 Å². The summed E-state index contributed by atoms with van der Waals surface area (Å²) in [5.74, 6) is 0.766. The molecule has 0 bridgehead atoms. The van der Waals surface area contributed by atoms with Crippen molar-refractivity contribution in [1.29, 1.82) is 0 Å². The van der Waals surface area contributed by atoms with Crippen LogP contribution >= 0.6 is 11.8 Å². The fourth-order valence-corrected chi connectivity index (χ4v) is 6.01. The number of rotatable bonds is 19. The highest BCUT2D eigenvalue weighted by atomic mass is 32.2. The smallest absolute Gasteiger partial charge is 0.330 e. The Hall–Kier alpha value is -4.56. The van der Waals surface area contributed by atoms with Crippen LogP contribution in [0.3, 0.4) is 0 Å². The molecule has 4 aromatic rings. The third-order valence-electron chi connectivity index (χ3n) is 7.64. The first-order valence-corrected chi connectivity index (χ1v) is 16.9. The van der Waals surface area contributed by atoms with Crippen molar-refractivity contribution in [3.05, 3.63) is 103 Å². The molecule has 246 valence electrons. The van der Waals surface area contributed by atoms with Gasteiger partial charge in [0.05, 0.1) is 26.4 Å². The van der Waals surface area contributed by atoms with Crippen LogP contribution in [0, 0.1) is 0 Å². The Labute approximate surface area is 280 Å². The number of esters is 2. The monoisotopic (exact) mass is 654 g/mol. The third kappa shape index (κ3) is 10.5. The minimum atomic E-state index is -0.417. The van der Waals surface area contributed by atoms with Crippen molar-refractivity contribution < 1.29 is 33.3 Å². The number of carbonyl (C=O) groups is 3. The van der Waals surface area contributed by atoms with E-state index >= 15 is 0 Å². The van der Waals surface area contributed by atoms with Crippen molar-refractivity contribution in [2.45, 2.75) is 56.8 Å². The van der Waals surface area contributed by atoms with Gasteiger partial charge in [0.2, 0.25) is 5.12 Å². The second kappa shape index (κ2) is 18.6. The van der Waals surface area contributed by atoms with Crippen LogP contribution in [-0.2, 0) is 25.5 Å². The van der Waals surface area contributed by atoms with E-state index in [1.165, 1.54) is 17.8 Å². The maximum atomic E-state index is 13.5. The normalized spacial score (nSPS) is 10.8. The van der Waals surface area contributed by atoms with Gasteiger partial charge in [0, 0.05) is 22.6 Å². The molecule has 4 rings (SSSR count). The molecule has 0 amide bonds. The predicted molar refractivity (Wildman–Crippen MR) is 188 cm³/mol. The van der Waals surface area contributed by atoms with E-state index in [1.807, 2.05) is 42.5 Å². The van der Waals surface area contributed by atoms with Gasteiger partial charge in [-0.3, -0.25) is 4.79 Å². The van der Waals surface area contributed by atoms with E-state index < -0.39 is 5.97 Å². The molecule has 0 atom stereocenters. The average Bonchev–Trinajstić information content (AvgIpc) is 3.10. The fourth-order valence-electron chi connectivity index (χ4n) is 5.22. The summed E-state index contributed by atoms with van der Waals surface area (Å²) in [5, 5.41) is 4.42. The summed E-state index contributed by atoms with van der Waals surface area (Å²) in [6.45, 7) is 10.8. The van der Waals surface area contributed by atoms with E-state index in [1.54, 1.807) is 0 Å². The van der Waals surface area contributed by atoms with Crippen molar-refractivity contribution in [3.63, 3.8) is 0 Å². The molecule has 0 aliphatic rings. The zero-order valence-electron chi connectivity index (χ0n) is 27.0. The number of fused-ring (bicyclic) bond motifs is 3. The number of carbonyl (C=O) groups excluding carboxylic acids is 3. The highest BCUT2D eigenvalue weighted by Crippen LogP contribution is 2.34. The first-order valence-electron chi connectivity index (χ1n) is 16.1. The van der Waals surface area contributed by atoms with Gasteiger partial charge >= 0.3 is 11.9 Å². The first-order chi connectivity index (χ1) is 22.9. The Kier molecular flexibility index (Phi) is 13.9. The molecule has 7 nitrogen and oxygen atoms in total. The van der Waals surface area contributed by atoms with Crippen LogP contribution in [0.25, 0.3) is 21.5 Å². The topological polar surface area (TPSA) is 88.1 Å². The Morgan fingerprint density at radius 3 is 1.85 bits per heavy atom. The third-order valence-corrected chi connectivity index (χ3v) is 8.56. The molecular formula is C39H42O7S. The van der Waals surface area contributed by atoms with Gasteiger partial charge in [-0.15, -0.1) is 0 Å². The summed E-state index contributed by atoms with van der Waals surface area (Å²) in [5.41, 5.74) is 1.76. The van der Waals surface area contributed by atoms with Gasteiger partial charge in [-0.25, -0.2) is 9.59 Å². The molecule has 0 saturated carbocycles. The number of ether oxygens (including phenoxy) is 4. The molecule has 0 aliphatic carbocycles. The molecule has 8 heteroatoms. The second-order valence-electron chi connectivity index (χ2n) is 10.9. The van der Waals surface area contributed by atoms with Crippen molar-refractivity contribution >= 4 is 50.4 Å². The van der Waals surface area contributed by atoms with Gasteiger partial charge in [-0.05, 0) is 126 Å². The Bertz CT molecular complexity index is 1690. The Morgan fingerprint density at radius 2 is 1.19 bits per heavy atom. The highest BCUT2D eigenvalue weighted by molar-refractivity contribution is 8.14. The van der Waals surface area contributed by atoms with E-state index in [2.05, 4.69) is 44.3 Å². The summed E-state index contributed by atoms with van der Waals surface area (Å²) in [6, 6.07) is 21.9. The lowest BCUT2D eigenvalue weighted by atomic mass is 9.94. The Morgan fingerprint density at radius 1 is 0.638 bits per heavy atom. The lowest BCUT2D eigenvalue weighted by Crippen LogP contribution is -2.04. The summed E-state index contributed by atoms with van der Waals surface area (Å²) in [6.07, 6.45) is 8.27. The van der Waals surface area contributed by atoms with E-state index in [4.69, 9.17) is 18.9 Å². The van der Waals surface area contributed by atoms with Crippen molar-refractivity contribution in [1.82, 2.24) is 0 Å². The lowest BCUT2D eigenvalue weighted by molar-refractivity contribution is -0.138. The van der Waals surface area contributed by atoms with E-state index in [9.17, 15) is 14.4 Å². The molecule has 0 N–H and O–H groups in total. The van der Waals surface area contributed by atoms with Crippen LogP contribution in [0.5, 0.6) is 11.5 Å². The van der Waals surface area contributed by atoms with Crippen LogP contribution in [0.4, 0.5) is 0 Å². The molecule has 47 heavy (non-hydrogen) atoms. The van der Waals surface area contributed by atoms with Gasteiger partial charge in [0.25, 0.3) is 0 Å². The molecular weight excluding hydrogens is 612 g/mol. The number of hydrogen-bond acceptors (Lipinski definition) is 8. The zero-order valence-corrected chi connectivity index (χ0v) is 27.8. The minimum absolute atomic E-state index is 0.00751. The first kappa shape index (κ1) is 35.3. The SMILES string of the molecule is C=CC(=O)OCCCCCCOc1ccc2c(ccc3c(CC)c(C(=O)Sc4ccc(OCCCCOC(=O)C=C)cc4)ccc32)c1. The van der Waals surface area contributed by atoms with E-state index in [0.717, 1.165) is 93.7 Å². The van der Waals surface area contributed by atoms with Gasteiger partial charge in [0.1, 0.15) is 11.5 Å². The number of thioether (sulfide) groups is 1. The maximum absolute atomic E-state index is 13.5. The summed E-state index contributed by atoms with van der Waals surface area (Å²) in [7, 11) is 0. The van der Waals surface area contributed by atoms with Crippen LogP contribution < -0.4 is 9.47 Å². The Balaban J connectivity index is 1.31. The summed E-state index contributed by atoms with van der Waals surface area (Å²) in [4.78, 5) is 36.5. The molecule has 0 aliphatic heterocycles. The van der Waals surface area contributed by atoms with Crippen LogP contribution in [-0.4, -0.2) is 43.5 Å². The standard InChI is InChI=1S/C39H42O7S/c1-4-32-34-19-13-28-27-30(44-23-9-7-8-10-25-45-37(40)5-2)16-20-33(28)35(34)21-22-36(32)39(42)47-31-17-14-29(15-18-31)43-24-11-12-26-46-38(41)6-3/h5-6,13-22,27H,2-4,7-12,23-26H2,1H3. The van der Waals surface area contributed by atoms with Crippen LogP contribution in [0.1, 0.15) is 61.4 Å². The predicted octanol–water partition coefficient (Wildman–Crippen LogP) is 9.04. The van der Waals surface area contributed by atoms with Crippen molar-refractivity contribution in [2.24, 2.45) is 0 Å². The molecule has 4 aromatic carbocycles. The molecule has 0 saturated heterocycles. The van der Waals surface area contributed by atoms with Gasteiger partial charge < -0.3 is 18.9 Å². The molecule has 0 heterocycles. The van der Waals surface area contributed by atoms with Crippen molar-refractivity contribution in [3.8, 4) is 11.5 Å². The molecule has 0 radical (unpaired) electrons. The van der Waals surface area contributed by atoms with E-state index in [-0.39, 0.29) is 11.1 Å². The van der Waals surface area contributed by atoms with Crippen LogP contribution in [0.2, 0.25) is 0 Å². The quantitative estimate of drug-likeness (QED) is 0.0325. The maximum Gasteiger partial charge on any atom is 0.330 e. The summed E-state index contributed by atoms with van der Waals surface area (Å²) >= 11 is 1.21. The summed E-state index contributed by atoms with van der Waals surface area (Å²) < 4.78 is 21.8. The fraction of sp³-hybridized carbons (Fsp3) is 0.308.